The Kier molecular flexibility index (Phi) is 2.68. The van der Waals surface area contributed by atoms with E-state index in [1.54, 1.807) is 13.0 Å². The highest BCUT2D eigenvalue weighted by molar-refractivity contribution is 14.1. The maximum atomic E-state index is 13.0. The van der Waals surface area contributed by atoms with Gasteiger partial charge in [0.15, 0.2) is 0 Å². The summed E-state index contributed by atoms with van der Waals surface area (Å²) in [6.45, 7) is 1.75. The third-order valence-electron chi connectivity index (χ3n) is 1.23. The van der Waals surface area contributed by atoms with Crippen molar-refractivity contribution in [3.8, 4) is 0 Å². The summed E-state index contributed by atoms with van der Waals surface area (Å²) in [4.78, 5) is 0. The van der Waals surface area contributed by atoms with Gasteiger partial charge in [-0.3, -0.25) is 0 Å². The fraction of sp³-hybridized carbons (Fsp3) is 0.143. The minimum Gasteiger partial charge on any atom is -0.205 e. The predicted octanol–water partition coefficient (Wildman–Crippen LogP) is 3.50. The second kappa shape index (κ2) is 3.17. The lowest BCUT2D eigenvalue weighted by Gasteiger charge is -1.99. The van der Waals surface area contributed by atoms with Crippen LogP contribution in [0.4, 0.5) is 4.39 Å². The third kappa shape index (κ3) is 1.50. The molecule has 0 nitrogen and oxygen atoms in total. The van der Waals surface area contributed by atoms with Crippen LogP contribution in [-0.4, -0.2) is 0 Å². The Morgan fingerprint density at radius 3 is 2.60 bits per heavy atom. The monoisotopic (exact) mass is 314 g/mol. The van der Waals surface area contributed by atoms with Gasteiger partial charge in [-0.1, -0.05) is 6.07 Å². The van der Waals surface area contributed by atoms with Crippen LogP contribution in [0.15, 0.2) is 16.6 Å². The summed E-state index contributed by atoms with van der Waals surface area (Å²) in [6.07, 6.45) is 0. The summed E-state index contributed by atoms with van der Waals surface area (Å²) >= 11 is 5.21. The summed E-state index contributed by atoms with van der Waals surface area (Å²) in [5, 5.41) is 0. The summed E-state index contributed by atoms with van der Waals surface area (Å²) in [5.74, 6) is -0.130. The standard InChI is InChI=1S/C7H5BrFI/c1-4-2-3-5(8)7(10)6(4)9/h2-3H,1H3. The van der Waals surface area contributed by atoms with E-state index in [0.717, 1.165) is 4.47 Å². The zero-order valence-electron chi connectivity index (χ0n) is 5.29. The number of hydrogen-bond acceptors (Lipinski definition) is 0. The molecule has 0 bridgehead atoms. The molecule has 0 spiro atoms. The van der Waals surface area contributed by atoms with E-state index in [2.05, 4.69) is 15.9 Å². The molecule has 0 aliphatic heterocycles. The quantitative estimate of drug-likeness (QED) is 0.508. The molecule has 1 aromatic rings. The van der Waals surface area contributed by atoms with E-state index in [1.807, 2.05) is 28.7 Å². The highest BCUT2D eigenvalue weighted by atomic mass is 127. The van der Waals surface area contributed by atoms with Crippen LogP contribution in [0, 0.1) is 16.3 Å². The SMILES string of the molecule is Cc1ccc(Br)c(I)c1F. The molecule has 10 heavy (non-hydrogen) atoms. The van der Waals surface area contributed by atoms with Crippen LogP contribution < -0.4 is 0 Å². The molecule has 0 radical (unpaired) electrons. The van der Waals surface area contributed by atoms with Crippen LogP contribution >= 0.6 is 38.5 Å². The fourth-order valence-corrected chi connectivity index (χ4v) is 1.53. The molecule has 0 heterocycles. The van der Waals surface area contributed by atoms with Crippen molar-refractivity contribution in [3.63, 3.8) is 0 Å². The van der Waals surface area contributed by atoms with Crippen LogP contribution in [0.5, 0.6) is 0 Å². The second-order valence-corrected chi connectivity index (χ2v) is 3.93. The molecule has 0 N–H and O–H groups in total. The summed E-state index contributed by atoms with van der Waals surface area (Å²) in [7, 11) is 0. The summed E-state index contributed by atoms with van der Waals surface area (Å²) in [6, 6.07) is 3.60. The van der Waals surface area contributed by atoms with Gasteiger partial charge in [0.2, 0.25) is 0 Å². The first-order chi connectivity index (χ1) is 4.63. The van der Waals surface area contributed by atoms with Gasteiger partial charge in [-0.05, 0) is 57.1 Å². The Hall–Kier alpha value is 0.360. The van der Waals surface area contributed by atoms with Gasteiger partial charge < -0.3 is 0 Å². The van der Waals surface area contributed by atoms with Crippen LogP contribution in [0.2, 0.25) is 0 Å². The molecular formula is C7H5BrFI. The molecule has 0 aliphatic rings. The molecule has 1 aromatic carbocycles. The molecule has 0 aromatic heterocycles. The van der Waals surface area contributed by atoms with Crippen molar-refractivity contribution in [3.05, 3.63) is 31.6 Å². The van der Waals surface area contributed by atoms with Crippen molar-refractivity contribution in [2.45, 2.75) is 6.92 Å². The topological polar surface area (TPSA) is 0 Å². The van der Waals surface area contributed by atoms with Gasteiger partial charge in [0, 0.05) is 4.47 Å². The minimum absolute atomic E-state index is 0.130. The molecule has 0 atom stereocenters. The van der Waals surface area contributed by atoms with E-state index >= 15 is 0 Å². The van der Waals surface area contributed by atoms with E-state index in [1.165, 1.54) is 0 Å². The van der Waals surface area contributed by atoms with E-state index in [4.69, 9.17) is 0 Å². The minimum atomic E-state index is -0.130. The molecule has 0 unspecified atom stereocenters. The predicted molar refractivity (Wildman–Crippen MR) is 51.6 cm³/mol. The van der Waals surface area contributed by atoms with E-state index in [0.29, 0.717) is 9.13 Å². The Morgan fingerprint density at radius 1 is 1.50 bits per heavy atom. The largest absolute Gasteiger partial charge is 0.205 e. The maximum absolute atomic E-state index is 13.0. The second-order valence-electron chi connectivity index (χ2n) is 1.99. The first-order valence-electron chi connectivity index (χ1n) is 2.73. The summed E-state index contributed by atoms with van der Waals surface area (Å²) in [5.41, 5.74) is 0.688. The van der Waals surface area contributed by atoms with Crippen molar-refractivity contribution in [1.29, 1.82) is 0 Å². The molecule has 54 valence electrons. The maximum Gasteiger partial charge on any atom is 0.140 e. The van der Waals surface area contributed by atoms with Gasteiger partial charge >= 0.3 is 0 Å². The van der Waals surface area contributed by atoms with Crippen molar-refractivity contribution in [1.82, 2.24) is 0 Å². The summed E-state index contributed by atoms with van der Waals surface area (Å²) < 4.78 is 14.4. The lowest BCUT2D eigenvalue weighted by molar-refractivity contribution is 0.610. The van der Waals surface area contributed by atoms with Crippen LogP contribution in [0.25, 0.3) is 0 Å². The molecule has 1 rings (SSSR count). The Balaban J connectivity index is 3.34. The highest BCUT2D eigenvalue weighted by Crippen LogP contribution is 2.23. The molecule has 0 saturated carbocycles. The lowest BCUT2D eigenvalue weighted by Crippen LogP contribution is -1.87. The van der Waals surface area contributed by atoms with E-state index in [-0.39, 0.29) is 5.82 Å². The fourth-order valence-electron chi connectivity index (χ4n) is 0.622. The molecule has 0 saturated heterocycles. The molecule has 0 amide bonds. The number of benzene rings is 1. The van der Waals surface area contributed by atoms with Gasteiger partial charge in [0.05, 0.1) is 3.57 Å². The van der Waals surface area contributed by atoms with Crippen LogP contribution in [-0.2, 0) is 0 Å². The van der Waals surface area contributed by atoms with Gasteiger partial charge in [0.25, 0.3) is 0 Å². The van der Waals surface area contributed by atoms with Gasteiger partial charge in [-0.2, -0.15) is 0 Å². The lowest BCUT2D eigenvalue weighted by atomic mass is 10.2. The number of halogens is 3. The van der Waals surface area contributed by atoms with Crippen molar-refractivity contribution < 1.29 is 4.39 Å². The highest BCUT2D eigenvalue weighted by Gasteiger charge is 2.04. The number of aryl methyl sites for hydroxylation is 1. The Labute approximate surface area is 81.1 Å². The van der Waals surface area contributed by atoms with Crippen molar-refractivity contribution in [2.75, 3.05) is 0 Å². The third-order valence-corrected chi connectivity index (χ3v) is 3.68. The van der Waals surface area contributed by atoms with E-state index in [9.17, 15) is 4.39 Å². The molecule has 3 heteroatoms. The average molecular weight is 315 g/mol. The average Bonchev–Trinajstić information content (AvgIpc) is 1.93. The van der Waals surface area contributed by atoms with E-state index < -0.39 is 0 Å². The number of rotatable bonds is 0. The Bertz CT molecular complexity index is 233. The van der Waals surface area contributed by atoms with Gasteiger partial charge in [0.1, 0.15) is 5.82 Å². The molecule has 0 fully saturated rings. The zero-order valence-corrected chi connectivity index (χ0v) is 9.03. The van der Waals surface area contributed by atoms with Gasteiger partial charge in [-0.25, -0.2) is 4.39 Å². The first-order valence-corrected chi connectivity index (χ1v) is 4.60. The molecular weight excluding hydrogens is 310 g/mol. The smallest absolute Gasteiger partial charge is 0.140 e. The van der Waals surface area contributed by atoms with Gasteiger partial charge in [-0.15, -0.1) is 0 Å². The van der Waals surface area contributed by atoms with Crippen LogP contribution in [0.1, 0.15) is 5.56 Å². The normalized spacial score (nSPS) is 10.0. The Morgan fingerprint density at radius 2 is 2.10 bits per heavy atom. The molecule has 0 aliphatic carbocycles. The van der Waals surface area contributed by atoms with Crippen molar-refractivity contribution >= 4 is 38.5 Å². The zero-order chi connectivity index (χ0) is 7.72. The van der Waals surface area contributed by atoms with Crippen LogP contribution in [0.3, 0.4) is 0 Å². The number of hydrogen-bond donors (Lipinski definition) is 0. The first kappa shape index (κ1) is 8.46. The van der Waals surface area contributed by atoms with Crippen molar-refractivity contribution in [2.24, 2.45) is 0 Å².